The van der Waals surface area contributed by atoms with Gasteiger partial charge >= 0.3 is 0 Å². The number of fused-ring (bicyclic) bond motifs is 1. The van der Waals surface area contributed by atoms with Gasteiger partial charge in [0, 0.05) is 33.1 Å². The fraction of sp³-hybridized carbons (Fsp3) is 0.529. The Balaban J connectivity index is 1.88. The Morgan fingerprint density at radius 2 is 2.24 bits per heavy atom. The van der Waals surface area contributed by atoms with Gasteiger partial charge in [-0.2, -0.15) is 0 Å². The van der Waals surface area contributed by atoms with Crippen molar-refractivity contribution >= 4 is 21.4 Å². The molecule has 1 saturated carbocycles. The molecular weight excluding hydrogens is 285 g/mol. The molecule has 1 fully saturated rings. The highest BCUT2D eigenvalue weighted by molar-refractivity contribution is 7.19. The van der Waals surface area contributed by atoms with Crippen molar-refractivity contribution in [1.29, 1.82) is 0 Å². The quantitative estimate of drug-likeness (QED) is 0.806. The first-order chi connectivity index (χ1) is 10.2. The molecule has 114 valence electrons. The van der Waals surface area contributed by atoms with Gasteiger partial charge in [-0.05, 0) is 38.3 Å². The maximum atomic E-state index is 14.2. The predicted molar refractivity (Wildman–Crippen MR) is 86.2 cm³/mol. The minimum atomic E-state index is -0.135. The smallest absolute Gasteiger partial charge is 0.132 e. The molecule has 4 heteroatoms. The maximum Gasteiger partial charge on any atom is 0.132 e. The maximum absolute atomic E-state index is 14.2. The number of hydrogen-bond acceptors (Lipinski definition) is 3. The summed E-state index contributed by atoms with van der Waals surface area (Å²) in [6.45, 7) is 5.49. The summed E-state index contributed by atoms with van der Waals surface area (Å²) in [6, 6.07) is 5.98. The largest absolute Gasteiger partial charge is 0.374 e. The van der Waals surface area contributed by atoms with Gasteiger partial charge < -0.3 is 10.1 Å². The summed E-state index contributed by atoms with van der Waals surface area (Å²) < 4.78 is 21.1. The molecule has 1 unspecified atom stereocenters. The van der Waals surface area contributed by atoms with Gasteiger partial charge in [0.05, 0.1) is 12.7 Å². The van der Waals surface area contributed by atoms with Crippen LogP contribution < -0.4 is 5.32 Å². The van der Waals surface area contributed by atoms with E-state index in [0.29, 0.717) is 12.6 Å². The van der Waals surface area contributed by atoms with Crippen molar-refractivity contribution in [2.75, 3.05) is 0 Å². The third kappa shape index (κ3) is 3.44. The predicted octanol–water partition coefficient (Wildman–Crippen LogP) is 4.61. The van der Waals surface area contributed by atoms with Crippen LogP contribution in [0.3, 0.4) is 0 Å². The standard InChI is InChI=1S/C17H22FNOS/c1-3-11(2)20-10-13-16(9-19-12-7-8-12)21-15-6-4-5-14(18)17(13)15/h4-6,11-12,19H,3,7-10H2,1-2H3. The zero-order valence-corrected chi connectivity index (χ0v) is 13.4. The Morgan fingerprint density at radius 3 is 2.95 bits per heavy atom. The van der Waals surface area contributed by atoms with E-state index in [4.69, 9.17) is 4.74 Å². The minimum absolute atomic E-state index is 0.135. The van der Waals surface area contributed by atoms with Crippen LogP contribution in [0.2, 0.25) is 0 Å². The Kier molecular flexibility index (Phi) is 4.57. The van der Waals surface area contributed by atoms with Gasteiger partial charge in [-0.25, -0.2) is 4.39 Å². The van der Waals surface area contributed by atoms with Crippen molar-refractivity contribution in [3.8, 4) is 0 Å². The zero-order valence-electron chi connectivity index (χ0n) is 12.6. The van der Waals surface area contributed by atoms with E-state index in [2.05, 4.69) is 19.2 Å². The zero-order chi connectivity index (χ0) is 14.8. The number of hydrogen-bond donors (Lipinski definition) is 1. The molecule has 0 bridgehead atoms. The Morgan fingerprint density at radius 1 is 1.43 bits per heavy atom. The minimum Gasteiger partial charge on any atom is -0.374 e. The highest BCUT2D eigenvalue weighted by Crippen LogP contribution is 2.34. The van der Waals surface area contributed by atoms with Gasteiger partial charge in [0.15, 0.2) is 0 Å². The van der Waals surface area contributed by atoms with Crippen molar-refractivity contribution < 1.29 is 9.13 Å². The fourth-order valence-corrected chi connectivity index (χ4v) is 3.55. The van der Waals surface area contributed by atoms with Crippen LogP contribution in [0.1, 0.15) is 43.6 Å². The van der Waals surface area contributed by atoms with Crippen LogP contribution in [0.15, 0.2) is 18.2 Å². The highest BCUT2D eigenvalue weighted by Gasteiger charge is 2.22. The molecule has 2 nitrogen and oxygen atoms in total. The number of benzene rings is 1. The summed E-state index contributed by atoms with van der Waals surface area (Å²) in [6.07, 6.45) is 3.70. The van der Waals surface area contributed by atoms with Gasteiger partial charge in [-0.15, -0.1) is 11.3 Å². The molecule has 1 aliphatic carbocycles. The molecule has 1 heterocycles. The summed E-state index contributed by atoms with van der Waals surface area (Å²) in [7, 11) is 0. The molecule has 0 amide bonds. The van der Waals surface area contributed by atoms with E-state index >= 15 is 0 Å². The molecule has 0 aliphatic heterocycles. The Bertz CT molecular complexity index is 621. The summed E-state index contributed by atoms with van der Waals surface area (Å²) in [5.74, 6) is -0.135. The second-order valence-corrected chi connectivity index (χ2v) is 6.94. The van der Waals surface area contributed by atoms with Crippen molar-refractivity contribution in [2.24, 2.45) is 0 Å². The average Bonchev–Trinajstić information content (AvgIpc) is 3.24. The molecule has 1 aliphatic rings. The number of ether oxygens (including phenoxy) is 1. The first kappa shape index (κ1) is 14.9. The monoisotopic (exact) mass is 307 g/mol. The molecule has 0 radical (unpaired) electrons. The second kappa shape index (κ2) is 6.42. The first-order valence-corrected chi connectivity index (χ1v) is 8.54. The van der Waals surface area contributed by atoms with Gasteiger partial charge in [0.2, 0.25) is 0 Å². The van der Waals surface area contributed by atoms with E-state index in [-0.39, 0.29) is 11.9 Å². The second-order valence-electron chi connectivity index (χ2n) is 5.80. The summed E-state index contributed by atoms with van der Waals surface area (Å²) in [5, 5.41) is 4.28. The molecule has 0 spiro atoms. The number of rotatable bonds is 7. The van der Waals surface area contributed by atoms with Crippen molar-refractivity contribution in [3.05, 3.63) is 34.5 Å². The van der Waals surface area contributed by atoms with Crippen LogP contribution in [-0.4, -0.2) is 12.1 Å². The lowest BCUT2D eigenvalue weighted by molar-refractivity contribution is 0.0512. The summed E-state index contributed by atoms with van der Waals surface area (Å²) in [5.41, 5.74) is 1.03. The van der Waals surface area contributed by atoms with E-state index in [0.717, 1.165) is 28.6 Å². The van der Waals surface area contributed by atoms with Crippen molar-refractivity contribution in [3.63, 3.8) is 0 Å². The molecular formula is C17H22FNOS. The van der Waals surface area contributed by atoms with E-state index in [9.17, 15) is 4.39 Å². The Hall–Kier alpha value is -0.970. The van der Waals surface area contributed by atoms with Crippen LogP contribution in [0.25, 0.3) is 10.1 Å². The van der Waals surface area contributed by atoms with Gasteiger partial charge in [-0.1, -0.05) is 13.0 Å². The number of nitrogens with one attached hydrogen (secondary N) is 1. The molecule has 0 saturated heterocycles. The van der Waals surface area contributed by atoms with Crippen LogP contribution in [-0.2, 0) is 17.9 Å². The number of thiophene rings is 1. The van der Waals surface area contributed by atoms with Gasteiger partial charge in [0.1, 0.15) is 5.82 Å². The molecule has 1 N–H and O–H groups in total. The SMILES string of the molecule is CCC(C)OCc1c(CNC2CC2)sc2cccc(F)c12. The molecule has 3 rings (SSSR count). The molecule has 1 aromatic heterocycles. The lowest BCUT2D eigenvalue weighted by Crippen LogP contribution is -2.16. The van der Waals surface area contributed by atoms with Gasteiger partial charge in [0.25, 0.3) is 0 Å². The van der Waals surface area contributed by atoms with E-state index in [1.807, 2.05) is 6.07 Å². The fourth-order valence-electron chi connectivity index (χ4n) is 2.38. The third-order valence-corrected chi connectivity index (χ3v) is 5.26. The van der Waals surface area contributed by atoms with E-state index in [1.54, 1.807) is 23.5 Å². The van der Waals surface area contributed by atoms with E-state index < -0.39 is 0 Å². The van der Waals surface area contributed by atoms with Crippen LogP contribution in [0, 0.1) is 5.82 Å². The first-order valence-electron chi connectivity index (χ1n) is 7.72. The normalized spacial score (nSPS) is 16.5. The lowest BCUT2D eigenvalue weighted by atomic mass is 10.1. The van der Waals surface area contributed by atoms with Crippen LogP contribution >= 0.6 is 11.3 Å². The molecule has 2 aromatic rings. The molecule has 1 aromatic carbocycles. The van der Waals surface area contributed by atoms with Crippen LogP contribution in [0.4, 0.5) is 4.39 Å². The third-order valence-electron chi connectivity index (χ3n) is 4.06. The Labute approximate surface area is 129 Å². The average molecular weight is 307 g/mol. The summed E-state index contributed by atoms with van der Waals surface area (Å²) >= 11 is 1.68. The summed E-state index contributed by atoms with van der Waals surface area (Å²) in [4.78, 5) is 1.21. The van der Waals surface area contributed by atoms with Crippen LogP contribution in [0.5, 0.6) is 0 Å². The topological polar surface area (TPSA) is 21.3 Å². The number of halogens is 1. The lowest BCUT2D eigenvalue weighted by Gasteiger charge is -2.12. The van der Waals surface area contributed by atoms with Crippen molar-refractivity contribution in [2.45, 2.75) is 58.4 Å². The van der Waals surface area contributed by atoms with Crippen molar-refractivity contribution in [1.82, 2.24) is 5.32 Å². The highest BCUT2D eigenvalue weighted by atomic mass is 32.1. The molecule has 1 atom stereocenters. The molecule has 21 heavy (non-hydrogen) atoms. The van der Waals surface area contributed by atoms with Gasteiger partial charge in [-0.3, -0.25) is 0 Å². The van der Waals surface area contributed by atoms with E-state index in [1.165, 1.54) is 17.7 Å².